The molecule has 1 amide bonds. The zero-order valence-electron chi connectivity index (χ0n) is 14.6. The smallest absolute Gasteiger partial charge is 0.248 e. The van der Waals surface area contributed by atoms with Gasteiger partial charge in [-0.2, -0.15) is 5.10 Å². The first kappa shape index (κ1) is 18.2. The first-order chi connectivity index (χ1) is 11.0. The normalized spacial score (nSPS) is 13.5. The molecule has 1 aromatic heterocycles. The molecule has 1 unspecified atom stereocenters. The van der Waals surface area contributed by atoms with Crippen molar-refractivity contribution in [2.24, 2.45) is 0 Å². The number of hydrogen-bond donors (Lipinski definition) is 1. The molecule has 24 heavy (non-hydrogen) atoms. The minimum atomic E-state index is -3.42. The van der Waals surface area contributed by atoms with Gasteiger partial charge in [0.1, 0.15) is 6.04 Å². The first-order valence-electron chi connectivity index (χ1n) is 7.65. The number of carbonyl (C=O) groups excluding carboxylic acids is 1. The van der Waals surface area contributed by atoms with Crippen molar-refractivity contribution in [3.63, 3.8) is 0 Å². The zero-order valence-corrected chi connectivity index (χ0v) is 15.4. The van der Waals surface area contributed by atoms with Crippen LogP contribution in [0, 0.1) is 0 Å². The zero-order chi connectivity index (χ0) is 18.1. The maximum Gasteiger partial charge on any atom is 0.248 e. The predicted molar refractivity (Wildman–Crippen MR) is 93.8 cm³/mol. The van der Waals surface area contributed by atoms with Crippen LogP contribution in [0.3, 0.4) is 0 Å². The van der Waals surface area contributed by atoms with Crippen molar-refractivity contribution in [3.05, 3.63) is 42.2 Å². The molecule has 1 heterocycles. The third-order valence-electron chi connectivity index (χ3n) is 3.79. The molecule has 0 radical (unpaired) electrons. The lowest BCUT2D eigenvalue weighted by atomic mass is 9.90. The molecule has 0 saturated heterocycles. The third-order valence-corrected chi connectivity index (χ3v) is 4.94. The molecule has 0 aliphatic carbocycles. The van der Waals surface area contributed by atoms with E-state index in [1.54, 1.807) is 36.0 Å². The van der Waals surface area contributed by atoms with Gasteiger partial charge in [-0.15, -0.1) is 0 Å². The highest BCUT2D eigenvalue weighted by molar-refractivity contribution is 7.90. The Morgan fingerprint density at radius 3 is 2.42 bits per heavy atom. The molecular formula is C17H23N3O3S. The van der Waals surface area contributed by atoms with E-state index >= 15 is 0 Å². The van der Waals surface area contributed by atoms with Crippen LogP contribution in [0.2, 0.25) is 0 Å². The number of benzene rings is 1. The van der Waals surface area contributed by atoms with Crippen LogP contribution in [-0.2, 0) is 20.0 Å². The fraction of sp³-hybridized carbons (Fsp3) is 0.412. The minimum absolute atomic E-state index is 0.0582. The molecule has 130 valence electrons. The number of anilines is 1. The molecule has 1 atom stereocenters. The molecule has 2 aromatic rings. The van der Waals surface area contributed by atoms with Crippen molar-refractivity contribution in [3.8, 4) is 0 Å². The van der Waals surface area contributed by atoms with Crippen molar-refractivity contribution in [1.29, 1.82) is 0 Å². The molecule has 1 N–H and O–H groups in total. The van der Waals surface area contributed by atoms with E-state index in [9.17, 15) is 13.2 Å². The van der Waals surface area contributed by atoms with Crippen LogP contribution in [0.4, 0.5) is 5.69 Å². The Kier molecular flexibility index (Phi) is 4.85. The summed E-state index contributed by atoms with van der Waals surface area (Å²) in [5.41, 5.74) is 1.25. The fourth-order valence-corrected chi connectivity index (χ4v) is 3.03. The maximum absolute atomic E-state index is 12.5. The van der Waals surface area contributed by atoms with Crippen LogP contribution in [0.1, 0.15) is 39.3 Å². The number of aromatic nitrogens is 2. The van der Waals surface area contributed by atoms with E-state index in [1.165, 1.54) is 6.07 Å². The van der Waals surface area contributed by atoms with Crippen molar-refractivity contribution < 1.29 is 13.2 Å². The molecule has 0 bridgehead atoms. The predicted octanol–water partition coefficient (Wildman–Crippen LogP) is 2.78. The molecule has 0 fully saturated rings. The fourth-order valence-electron chi connectivity index (χ4n) is 2.19. The maximum atomic E-state index is 12.5. The number of hydrogen-bond acceptors (Lipinski definition) is 4. The summed E-state index contributed by atoms with van der Waals surface area (Å²) in [6.45, 7) is 7.93. The van der Waals surface area contributed by atoms with E-state index in [2.05, 4.69) is 31.2 Å². The van der Waals surface area contributed by atoms with Gasteiger partial charge in [0.25, 0.3) is 0 Å². The summed E-state index contributed by atoms with van der Waals surface area (Å²) in [5, 5.41) is 6.94. The van der Waals surface area contributed by atoms with Crippen LogP contribution < -0.4 is 5.32 Å². The van der Waals surface area contributed by atoms with E-state index in [1.807, 2.05) is 6.20 Å². The van der Waals surface area contributed by atoms with E-state index in [-0.39, 0.29) is 21.9 Å². The van der Waals surface area contributed by atoms with Crippen LogP contribution >= 0.6 is 0 Å². The molecule has 2 rings (SSSR count). The van der Waals surface area contributed by atoms with Crippen molar-refractivity contribution >= 4 is 21.4 Å². The minimum Gasteiger partial charge on any atom is -0.323 e. The van der Waals surface area contributed by atoms with Crippen LogP contribution in [0.25, 0.3) is 0 Å². The number of rotatable bonds is 4. The lowest BCUT2D eigenvalue weighted by Crippen LogP contribution is -2.25. The van der Waals surface area contributed by atoms with Gasteiger partial charge < -0.3 is 5.32 Å². The SMILES string of the molecule is CC(C(=O)Nc1ccccc1S(C)(=O)=O)n1cc(C(C)(C)C)cn1. The van der Waals surface area contributed by atoms with Crippen LogP contribution in [0.15, 0.2) is 41.6 Å². The summed E-state index contributed by atoms with van der Waals surface area (Å²) in [5.74, 6) is -0.324. The van der Waals surface area contributed by atoms with Gasteiger partial charge in [0.2, 0.25) is 5.91 Å². The average molecular weight is 349 g/mol. The summed E-state index contributed by atoms with van der Waals surface area (Å²) < 4.78 is 25.2. The Balaban J connectivity index is 2.23. The second kappa shape index (κ2) is 6.39. The second-order valence-electron chi connectivity index (χ2n) is 6.89. The first-order valence-corrected chi connectivity index (χ1v) is 9.54. The van der Waals surface area contributed by atoms with E-state index in [0.717, 1.165) is 11.8 Å². The van der Waals surface area contributed by atoms with Crippen LogP contribution in [-0.4, -0.2) is 30.4 Å². The Hall–Kier alpha value is -2.15. The number of nitrogens with zero attached hydrogens (tertiary/aromatic N) is 2. The topological polar surface area (TPSA) is 81.1 Å². The molecule has 0 spiro atoms. The highest BCUT2D eigenvalue weighted by atomic mass is 32.2. The number of sulfone groups is 1. The molecule has 6 nitrogen and oxygen atoms in total. The van der Waals surface area contributed by atoms with Gasteiger partial charge in [-0.25, -0.2) is 8.42 Å². The number of para-hydroxylation sites is 1. The summed E-state index contributed by atoms with van der Waals surface area (Å²) in [7, 11) is -3.42. The molecule has 0 aliphatic rings. The summed E-state index contributed by atoms with van der Waals surface area (Å²) >= 11 is 0. The number of carbonyl (C=O) groups is 1. The molecule has 1 aromatic carbocycles. The number of nitrogens with one attached hydrogen (secondary N) is 1. The van der Waals surface area contributed by atoms with E-state index in [4.69, 9.17) is 0 Å². The van der Waals surface area contributed by atoms with E-state index in [0.29, 0.717) is 0 Å². The largest absolute Gasteiger partial charge is 0.323 e. The quantitative estimate of drug-likeness (QED) is 0.920. The van der Waals surface area contributed by atoms with Crippen molar-refractivity contribution in [1.82, 2.24) is 9.78 Å². The molecule has 0 aliphatic heterocycles. The van der Waals surface area contributed by atoms with Gasteiger partial charge in [0.05, 0.1) is 16.8 Å². The summed E-state index contributed by atoms with van der Waals surface area (Å²) in [6, 6.07) is 5.79. The van der Waals surface area contributed by atoms with Crippen LogP contribution in [0.5, 0.6) is 0 Å². The Labute approximate surface area is 142 Å². The van der Waals surface area contributed by atoms with Gasteiger partial charge >= 0.3 is 0 Å². The van der Waals surface area contributed by atoms with Gasteiger partial charge in [0.15, 0.2) is 9.84 Å². The highest BCUT2D eigenvalue weighted by Gasteiger charge is 2.22. The Morgan fingerprint density at radius 2 is 1.88 bits per heavy atom. The van der Waals surface area contributed by atoms with Gasteiger partial charge in [0, 0.05) is 12.5 Å². The van der Waals surface area contributed by atoms with Gasteiger partial charge in [-0.05, 0) is 30.0 Å². The Bertz CT molecular complexity index is 848. The number of amides is 1. The van der Waals surface area contributed by atoms with Crippen molar-refractivity contribution in [2.75, 3.05) is 11.6 Å². The molecule has 7 heteroatoms. The monoisotopic (exact) mass is 349 g/mol. The average Bonchev–Trinajstić information content (AvgIpc) is 2.95. The second-order valence-corrected chi connectivity index (χ2v) is 8.88. The third kappa shape index (κ3) is 4.03. The lowest BCUT2D eigenvalue weighted by molar-refractivity contribution is -0.119. The van der Waals surface area contributed by atoms with Gasteiger partial charge in [-0.1, -0.05) is 32.9 Å². The van der Waals surface area contributed by atoms with Crippen molar-refractivity contribution in [2.45, 2.75) is 44.0 Å². The van der Waals surface area contributed by atoms with Gasteiger partial charge in [-0.3, -0.25) is 9.48 Å². The van der Waals surface area contributed by atoms with E-state index < -0.39 is 15.9 Å². The Morgan fingerprint density at radius 1 is 1.25 bits per heavy atom. The molecule has 0 saturated carbocycles. The lowest BCUT2D eigenvalue weighted by Gasteiger charge is -2.16. The highest BCUT2D eigenvalue weighted by Crippen LogP contribution is 2.24. The molecular weight excluding hydrogens is 326 g/mol. The summed E-state index contributed by atoms with van der Waals surface area (Å²) in [4.78, 5) is 12.6. The summed E-state index contributed by atoms with van der Waals surface area (Å²) in [6.07, 6.45) is 4.70. The standard InChI is InChI=1S/C17H23N3O3S/c1-12(20-11-13(10-18-20)17(2,3)4)16(21)19-14-8-6-7-9-15(14)24(5,22)23/h6-12H,1-5H3,(H,19,21).